The molecule has 1 aliphatic rings. The first-order chi connectivity index (χ1) is 16.3. The Labute approximate surface area is 212 Å². The second-order valence-electron chi connectivity index (χ2n) is 10.5. The Hall–Kier alpha value is -2.19. The Morgan fingerprint density at radius 1 is 0.765 bits per heavy atom. The summed E-state index contributed by atoms with van der Waals surface area (Å²) in [6.07, 6.45) is -0.0148. The highest BCUT2D eigenvalue weighted by molar-refractivity contribution is 7.36. The van der Waals surface area contributed by atoms with Gasteiger partial charge in [0.25, 0.3) is 0 Å². The van der Waals surface area contributed by atoms with E-state index < -0.39 is 16.9 Å². The van der Waals surface area contributed by atoms with Crippen molar-refractivity contribution in [3.05, 3.63) is 89.5 Å². The lowest BCUT2D eigenvalue weighted by molar-refractivity contribution is 0.225. The minimum Gasteiger partial charge on any atom is -0.484 e. The average molecular weight is 514 g/mol. The molecule has 5 aromatic rings. The molecular weight excluding hydrogens is 485 g/mol. The molecule has 2 atom stereocenters. The van der Waals surface area contributed by atoms with E-state index in [1.807, 2.05) is 22.7 Å². The molecule has 0 fully saturated rings. The Morgan fingerprint density at radius 3 is 2.00 bits per heavy atom. The van der Waals surface area contributed by atoms with Crippen LogP contribution in [0.1, 0.15) is 28.7 Å². The first kappa shape index (κ1) is 22.3. The summed E-state index contributed by atoms with van der Waals surface area (Å²) >= 11 is 4.06. The molecule has 171 valence electrons. The Balaban J connectivity index is 1.71. The summed E-state index contributed by atoms with van der Waals surface area (Å²) in [4.78, 5) is 0. The predicted octanol–water partition coefficient (Wildman–Crippen LogP) is 7.89. The van der Waals surface area contributed by atoms with Crippen molar-refractivity contribution in [1.82, 2.24) is 0 Å². The van der Waals surface area contributed by atoms with Gasteiger partial charge in [-0.05, 0) is 32.3 Å². The second-order valence-corrected chi connectivity index (χ2v) is 20.9. The SMILES string of the molecule is C[Si](C)c1cc2c3c(c4cc([Si](C)(C)C)sc4c2s1)OC(c1ccccc1)C3c1ccccc1. The highest BCUT2D eigenvalue weighted by Crippen LogP contribution is 2.56. The van der Waals surface area contributed by atoms with E-state index in [0.717, 1.165) is 5.75 Å². The molecule has 0 N–H and O–H groups in total. The van der Waals surface area contributed by atoms with Crippen molar-refractivity contribution in [1.29, 1.82) is 0 Å². The van der Waals surface area contributed by atoms with Crippen LogP contribution < -0.4 is 13.7 Å². The van der Waals surface area contributed by atoms with Crippen molar-refractivity contribution >= 4 is 68.7 Å². The van der Waals surface area contributed by atoms with Crippen LogP contribution in [0.5, 0.6) is 5.75 Å². The third-order valence-corrected chi connectivity index (χ3v) is 15.3. The fourth-order valence-corrected chi connectivity index (χ4v) is 10.7. The monoisotopic (exact) mass is 513 g/mol. The highest BCUT2D eigenvalue weighted by atomic mass is 32.1. The first-order valence-electron chi connectivity index (χ1n) is 11.9. The molecule has 1 radical (unpaired) electrons. The van der Waals surface area contributed by atoms with Crippen molar-refractivity contribution in [2.45, 2.75) is 44.8 Å². The van der Waals surface area contributed by atoms with E-state index in [-0.39, 0.29) is 12.0 Å². The summed E-state index contributed by atoms with van der Waals surface area (Å²) in [5.41, 5.74) is 3.98. The summed E-state index contributed by atoms with van der Waals surface area (Å²) in [6.45, 7) is 12.2. The summed E-state index contributed by atoms with van der Waals surface area (Å²) in [5.74, 6) is 1.31. The smallest absolute Gasteiger partial charge is 0.135 e. The van der Waals surface area contributed by atoms with E-state index in [0.29, 0.717) is 0 Å². The van der Waals surface area contributed by atoms with Crippen molar-refractivity contribution in [3.8, 4) is 5.75 Å². The van der Waals surface area contributed by atoms with Crippen LogP contribution in [-0.2, 0) is 0 Å². The zero-order valence-corrected chi connectivity index (χ0v) is 23.9. The second kappa shape index (κ2) is 8.19. The first-order valence-corrected chi connectivity index (χ1v) is 19.6. The van der Waals surface area contributed by atoms with Gasteiger partial charge in [-0.1, -0.05) is 93.4 Å². The van der Waals surface area contributed by atoms with Crippen molar-refractivity contribution in [2.24, 2.45) is 0 Å². The van der Waals surface area contributed by atoms with Gasteiger partial charge >= 0.3 is 0 Å². The molecule has 0 bridgehead atoms. The van der Waals surface area contributed by atoms with Crippen LogP contribution in [0.3, 0.4) is 0 Å². The van der Waals surface area contributed by atoms with Gasteiger partial charge in [0.15, 0.2) is 0 Å². The van der Waals surface area contributed by atoms with Crippen LogP contribution in [-0.4, -0.2) is 16.9 Å². The number of ether oxygens (including phenoxy) is 1. The van der Waals surface area contributed by atoms with Gasteiger partial charge in [0.1, 0.15) is 11.9 Å². The summed E-state index contributed by atoms with van der Waals surface area (Å²) < 4.78 is 13.0. The third-order valence-electron chi connectivity index (χ3n) is 6.83. The third kappa shape index (κ3) is 3.52. The van der Waals surface area contributed by atoms with Crippen molar-refractivity contribution in [2.75, 3.05) is 0 Å². The Bertz CT molecular complexity index is 1490. The molecule has 0 spiro atoms. The molecule has 0 saturated heterocycles. The molecule has 34 heavy (non-hydrogen) atoms. The van der Waals surface area contributed by atoms with E-state index in [4.69, 9.17) is 4.74 Å². The quantitative estimate of drug-likeness (QED) is 0.222. The molecular formula is C29H29OS2Si2. The van der Waals surface area contributed by atoms with Crippen LogP contribution in [0.15, 0.2) is 72.8 Å². The van der Waals surface area contributed by atoms with Gasteiger partial charge in [-0.25, -0.2) is 0 Å². The zero-order valence-electron chi connectivity index (χ0n) is 20.3. The fourth-order valence-electron chi connectivity index (χ4n) is 5.06. The Morgan fingerprint density at radius 2 is 1.38 bits per heavy atom. The van der Waals surface area contributed by atoms with Crippen LogP contribution in [0, 0.1) is 0 Å². The van der Waals surface area contributed by atoms with E-state index in [1.165, 1.54) is 36.9 Å². The molecule has 3 heterocycles. The Kier molecular flexibility index (Phi) is 5.37. The normalized spacial score (nSPS) is 18.1. The topological polar surface area (TPSA) is 9.23 Å². The van der Waals surface area contributed by atoms with E-state index >= 15 is 0 Å². The van der Waals surface area contributed by atoms with Gasteiger partial charge in [-0.15, -0.1) is 22.7 Å². The standard InChI is InChI=1S/C29H29OS2Si2/c1-33(2)22-16-20-25-24(18-12-8-6-9-13-18)26(19-14-10-7-11-15-19)30-27(25)21-17-23(34(3,4)5)32-29(21)28(20)31-22/h6-17,24,26H,1-5H3. The maximum Gasteiger partial charge on any atom is 0.135 e. The molecule has 5 heteroatoms. The molecule has 2 aromatic heterocycles. The maximum atomic E-state index is 7.01. The molecule has 3 aromatic carbocycles. The zero-order chi connectivity index (χ0) is 23.6. The number of fused-ring (bicyclic) bond motifs is 6. The minimum absolute atomic E-state index is 0.0148. The van der Waals surface area contributed by atoms with Crippen molar-refractivity contribution in [3.63, 3.8) is 0 Å². The van der Waals surface area contributed by atoms with Crippen LogP contribution in [0.4, 0.5) is 0 Å². The van der Waals surface area contributed by atoms with Gasteiger partial charge in [0, 0.05) is 16.3 Å². The molecule has 1 aliphatic heterocycles. The average Bonchev–Trinajstić information content (AvgIpc) is 3.54. The molecule has 0 amide bonds. The molecule has 0 aliphatic carbocycles. The minimum atomic E-state index is -1.44. The molecule has 2 unspecified atom stereocenters. The van der Waals surface area contributed by atoms with Gasteiger partial charge in [0.05, 0.1) is 32.2 Å². The number of thiophene rings is 2. The summed E-state index contributed by atoms with van der Waals surface area (Å²) in [6, 6.07) is 26.8. The molecule has 6 rings (SSSR count). The predicted molar refractivity (Wildman–Crippen MR) is 155 cm³/mol. The van der Waals surface area contributed by atoms with Gasteiger partial charge in [0.2, 0.25) is 0 Å². The lowest BCUT2D eigenvalue weighted by atomic mass is 9.83. The largest absolute Gasteiger partial charge is 0.484 e. The van der Waals surface area contributed by atoms with Crippen LogP contribution in [0.25, 0.3) is 20.2 Å². The van der Waals surface area contributed by atoms with Gasteiger partial charge < -0.3 is 4.74 Å². The van der Waals surface area contributed by atoms with Crippen LogP contribution in [0.2, 0.25) is 32.7 Å². The lowest BCUT2D eigenvalue weighted by Crippen LogP contribution is -2.34. The summed E-state index contributed by atoms with van der Waals surface area (Å²) in [7, 11) is -1.97. The van der Waals surface area contributed by atoms with E-state index in [2.05, 4.69) is 106 Å². The molecule has 1 nitrogen and oxygen atoms in total. The van der Waals surface area contributed by atoms with Gasteiger partial charge in [-0.2, -0.15) is 0 Å². The fraction of sp³-hybridized carbons (Fsp3) is 0.241. The number of benzene rings is 3. The number of rotatable bonds is 4. The maximum absolute atomic E-state index is 7.01. The van der Waals surface area contributed by atoms with Crippen molar-refractivity contribution < 1.29 is 4.74 Å². The molecule has 0 saturated carbocycles. The highest BCUT2D eigenvalue weighted by Gasteiger charge is 2.40. The lowest BCUT2D eigenvalue weighted by Gasteiger charge is -2.20. The van der Waals surface area contributed by atoms with E-state index in [1.54, 1.807) is 9.00 Å². The van der Waals surface area contributed by atoms with Crippen LogP contribution >= 0.6 is 22.7 Å². The van der Waals surface area contributed by atoms with E-state index in [9.17, 15) is 0 Å². The number of hydrogen-bond donors (Lipinski definition) is 0. The van der Waals surface area contributed by atoms with Gasteiger partial charge in [-0.3, -0.25) is 0 Å². The summed E-state index contributed by atoms with van der Waals surface area (Å²) in [5, 5.41) is 2.75. The number of hydrogen-bond acceptors (Lipinski definition) is 3.